The Morgan fingerprint density at radius 1 is 0.774 bits per heavy atom. The molecular weight excluding hydrogens is 402 g/mol. The Kier molecular flexibility index (Phi) is 3.98. The SMILES string of the molecule is Cc1ccc(-c2nn3c(=O)c4cc(-c5ccccc5)sc4nc3c3ccccc23)cc1. The van der Waals surface area contributed by atoms with Gasteiger partial charge in [-0.05, 0) is 18.6 Å². The molecule has 3 aromatic carbocycles. The van der Waals surface area contributed by atoms with Crippen LogP contribution in [-0.4, -0.2) is 14.6 Å². The van der Waals surface area contributed by atoms with E-state index in [1.165, 1.54) is 21.4 Å². The van der Waals surface area contributed by atoms with Crippen LogP contribution in [0.5, 0.6) is 0 Å². The van der Waals surface area contributed by atoms with Gasteiger partial charge in [0, 0.05) is 21.2 Å². The molecule has 0 unspecified atom stereocenters. The molecule has 0 fully saturated rings. The van der Waals surface area contributed by atoms with Crippen LogP contribution in [0.2, 0.25) is 0 Å². The quantitative estimate of drug-likeness (QED) is 0.319. The van der Waals surface area contributed by atoms with Gasteiger partial charge in [0.15, 0.2) is 5.65 Å². The number of fused-ring (bicyclic) bond motifs is 4. The number of hydrogen-bond donors (Lipinski definition) is 0. The number of benzene rings is 3. The summed E-state index contributed by atoms with van der Waals surface area (Å²) in [5, 5.41) is 7.28. The summed E-state index contributed by atoms with van der Waals surface area (Å²) in [6.07, 6.45) is 0. The first kappa shape index (κ1) is 18.0. The van der Waals surface area contributed by atoms with Crippen LogP contribution in [-0.2, 0) is 0 Å². The highest BCUT2D eigenvalue weighted by atomic mass is 32.1. The van der Waals surface area contributed by atoms with Crippen molar-refractivity contribution in [2.75, 3.05) is 0 Å². The van der Waals surface area contributed by atoms with Crippen LogP contribution >= 0.6 is 11.3 Å². The third-order valence-corrected chi connectivity index (χ3v) is 6.63. The first-order valence-corrected chi connectivity index (χ1v) is 10.9. The lowest BCUT2D eigenvalue weighted by Crippen LogP contribution is -2.18. The van der Waals surface area contributed by atoms with Crippen molar-refractivity contribution in [1.29, 1.82) is 0 Å². The van der Waals surface area contributed by atoms with Crippen molar-refractivity contribution in [3.63, 3.8) is 0 Å². The van der Waals surface area contributed by atoms with Gasteiger partial charge < -0.3 is 0 Å². The van der Waals surface area contributed by atoms with E-state index in [-0.39, 0.29) is 5.56 Å². The molecule has 0 N–H and O–H groups in total. The van der Waals surface area contributed by atoms with Crippen LogP contribution in [0.3, 0.4) is 0 Å². The van der Waals surface area contributed by atoms with Crippen LogP contribution in [0.1, 0.15) is 5.56 Å². The van der Waals surface area contributed by atoms with Crippen molar-refractivity contribution >= 4 is 38.0 Å². The van der Waals surface area contributed by atoms with E-state index in [2.05, 4.69) is 19.1 Å². The Balaban J connectivity index is 1.70. The van der Waals surface area contributed by atoms with Crippen molar-refractivity contribution in [1.82, 2.24) is 14.6 Å². The fraction of sp³-hybridized carbons (Fsp3) is 0.0385. The van der Waals surface area contributed by atoms with Crippen LogP contribution < -0.4 is 5.56 Å². The summed E-state index contributed by atoms with van der Waals surface area (Å²) >= 11 is 1.54. The highest BCUT2D eigenvalue weighted by Crippen LogP contribution is 2.33. The molecule has 5 heteroatoms. The summed E-state index contributed by atoms with van der Waals surface area (Å²) in [5.41, 5.74) is 4.47. The molecule has 0 saturated heterocycles. The third-order valence-electron chi connectivity index (χ3n) is 5.55. The Labute approximate surface area is 182 Å². The standard InChI is InChI=1S/C26H17N3OS/c1-16-11-13-18(14-12-16)23-19-9-5-6-10-20(19)24-27-25-21(26(30)29(24)28-23)15-22(31-25)17-7-3-2-4-8-17/h2-15H,1H3. The van der Waals surface area contributed by atoms with Gasteiger partial charge in [-0.2, -0.15) is 9.61 Å². The molecule has 0 spiro atoms. The van der Waals surface area contributed by atoms with Crippen LogP contribution in [0.4, 0.5) is 0 Å². The van der Waals surface area contributed by atoms with Gasteiger partial charge in [-0.3, -0.25) is 4.79 Å². The molecule has 0 radical (unpaired) electrons. The van der Waals surface area contributed by atoms with E-state index in [0.717, 1.165) is 37.3 Å². The van der Waals surface area contributed by atoms with Gasteiger partial charge in [0.05, 0.1) is 11.1 Å². The molecule has 0 atom stereocenters. The topological polar surface area (TPSA) is 47.3 Å². The van der Waals surface area contributed by atoms with Gasteiger partial charge in [0.2, 0.25) is 0 Å². The number of thiophene rings is 1. The molecule has 3 aromatic heterocycles. The predicted molar refractivity (Wildman–Crippen MR) is 128 cm³/mol. The molecule has 4 nitrogen and oxygen atoms in total. The number of aromatic nitrogens is 3. The molecule has 0 aliphatic rings. The molecular formula is C26H17N3OS. The molecule has 6 aromatic rings. The van der Waals surface area contributed by atoms with E-state index in [0.29, 0.717) is 11.0 Å². The Bertz CT molecular complexity index is 1650. The predicted octanol–water partition coefficient (Wildman–Crippen LogP) is 6.10. The second kappa shape index (κ2) is 6.86. The zero-order valence-corrected chi connectivity index (χ0v) is 17.6. The number of hydrogen-bond acceptors (Lipinski definition) is 4. The van der Waals surface area contributed by atoms with E-state index in [1.54, 1.807) is 0 Å². The lowest BCUT2D eigenvalue weighted by molar-refractivity contribution is 0.898. The lowest BCUT2D eigenvalue weighted by Gasteiger charge is -2.10. The maximum Gasteiger partial charge on any atom is 0.283 e. The molecule has 31 heavy (non-hydrogen) atoms. The summed E-state index contributed by atoms with van der Waals surface area (Å²) in [5.74, 6) is 0. The molecule has 0 aliphatic carbocycles. The van der Waals surface area contributed by atoms with E-state index in [9.17, 15) is 4.79 Å². The maximum absolute atomic E-state index is 13.5. The second-order valence-corrected chi connectivity index (χ2v) is 8.64. The van der Waals surface area contributed by atoms with Gasteiger partial charge in [-0.15, -0.1) is 11.3 Å². The summed E-state index contributed by atoms with van der Waals surface area (Å²) in [7, 11) is 0. The minimum absolute atomic E-state index is 0.141. The second-order valence-electron chi connectivity index (χ2n) is 7.61. The van der Waals surface area contributed by atoms with Crippen LogP contribution in [0.15, 0.2) is 89.7 Å². The van der Waals surface area contributed by atoms with Gasteiger partial charge in [0.25, 0.3) is 5.56 Å². The Morgan fingerprint density at radius 3 is 2.26 bits per heavy atom. The molecule has 148 valence electrons. The minimum Gasteiger partial charge on any atom is -0.267 e. The molecule has 0 aliphatic heterocycles. The first-order valence-electron chi connectivity index (χ1n) is 10.1. The molecule has 3 heterocycles. The minimum atomic E-state index is -0.141. The Morgan fingerprint density at radius 2 is 1.48 bits per heavy atom. The van der Waals surface area contributed by atoms with E-state index >= 15 is 0 Å². The highest BCUT2D eigenvalue weighted by molar-refractivity contribution is 7.21. The smallest absolute Gasteiger partial charge is 0.267 e. The number of rotatable bonds is 2. The molecule has 6 rings (SSSR count). The maximum atomic E-state index is 13.5. The molecule has 0 bridgehead atoms. The average molecular weight is 420 g/mol. The molecule has 0 amide bonds. The van der Waals surface area contributed by atoms with Crippen molar-refractivity contribution in [3.8, 4) is 21.7 Å². The summed E-state index contributed by atoms with van der Waals surface area (Å²) in [6, 6.07) is 28.2. The van der Waals surface area contributed by atoms with Crippen molar-refractivity contribution in [3.05, 3.63) is 101 Å². The van der Waals surface area contributed by atoms with Crippen molar-refractivity contribution in [2.24, 2.45) is 0 Å². The normalized spacial score (nSPS) is 11.5. The number of aryl methyl sites for hydroxylation is 1. The fourth-order valence-electron chi connectivity index (χ4n) is 3.95. The van der Waals surface area contributed by atoms with Crippen LogP contribution in [0, 0.1) is 6.92 Å². The lowest BCUT2D eigenvalue weighted by atomic mass is 10.0. The largest absolute Gasteiger partial charge is 0.283 e. The molecule has 0 saturated carbocycles. The monoisotopic (exact) mass is 419 g/mol. The van der Waals surface area contributed by atoms with E-state index < -0.39 is 0 Å². The van der Waals surface area contributed by atoms with E-state index in [4.69, 9.17) is 10.1 Å². The van der Waals surface area contributed by atoms with Crippen molar-refractivity contribution in [2.45, 2.75) is 6.92 Å². The van der Waals surface area contributed by atoms with E-state index in [1.807, 2.05) is 72.8 Å². The Hall–Kier alpha value is -3.83. The van der Waals surface area contributed by atoms with Crippen LogP contribution in [0.25, 0.3) is 48.3 Å². The number of nitrogens with zero attached hydrogens (tertiary/aromatic N) is 3. The first-order chi connectivity index (χ1) is 15.2. The van der Waals surface area contributed by atoms with Gasteiger partial charge >= 0.3 is 0 Å². The average Bonchev–Trinajstić information content (AvgIpc) is 3.25. The summed E-state index contributed by atoms with van der Waals surface area (Å²) in [6.45, 7) is 2.06. The fourth-order valence-corrected chi connectivity index (χ4v) is 4.97. The zero-order valence-electron chi connectivity index (χ0n) is 16.7. The van der Waals surface area contributed by atoms with Gasteiger partial charge in [-0.25, -0.2) is 4.98 Å². The van der Waals surface area contributed by atoms with Gasteiger partial charge in [-0.1, -0.05) is 84.4 Å². The zero-order chi connectivity index (χ0) is 20.9. The third kappa shape index (κ3) is 2.86. The summed E-state index contributed by atoms with van der Waals surface area (Å²) < 4.78 is 1.46. The van der Waals surface area contributed by atoms with Gasteiger partial charge in [0.1, 0.15) is 4.83 Å². The van der Waals surface area contributed by atoms with Crippen molar-refractivity contribution < 1.29 is 0 Å². The summed E-state index contributed by atoms with van der Waals surface area (Å²) in [4.78, 5) is 20.1. The highest BCUT2D eigenvalue weighted by Gasteiger charge is 2.16.